The molecule has 10 nitrogen and oxygen atoms in total. The topological polar surface area (TPSA) is 122 Å². The van der Waals surface area contributed by atoms with E-state index in [9.17, 15) is 18.0 Å². The molecule has 212 valence electrons. The quantitative estimate of drug-likeness (QED) is 0.322. The number of nitrogens with one attached hydrogen (secondary N) is 4. The SMILES string of the molecule is CNc1ncnc2c1ncn2C1=CC=C(NC(=O)Nc2ccc(CNC3CC[OH+]CC3)c(C(F)(F)F)c2)C(C)C1. The van der Waals surface area contributed by atoms with Gasteiger partial charge >= 0.3 is 12.2 Å². The Morgan fingerprint density at radius 1 is 1.12 bits per heavy atom. The Morgan fingerprint density at radius 3 is 2.65 bits per heavy atom. The number of alkyl halides is 3. The number of carbonyl (C=O) groups excluding carboxylic acids is 1. The molecule has 2 amide bonds. The average molecular weight is 558 g/mol. The van der Waals surface area contributed by atoms with Gasteiger partial charge in [0.05, 0.1) is 5.56 Å². The third-order valence-corrected chi connectivity index (χ3v) is 7.16. The molecule has 13 heteroatoms. The highest BCUT2D eigenvalue weighted by molar-refractivity contribution is 5.91. The van der Waals surface area contributed by atoms with E-state index in [0.29, 0.717) is 29.1 Å². The summed E-state index contributed by atoms with van der Waals surface area (Å²) in [7, 11) is 1.76. The molecule has 0 spiro atoms. The number of amides is 2. The van der Waals surface area contributed by atoms with Gasteiger partial charge < -0.3 is 26.0 Å². The molecule has 3 heterocycles. The van der Waals surface area contributed by atoms with Gasteiger partial charge in [0, 0.05) is 55.5 Å². The number of aliphatic hydroxyl groups is 2. The van der Waals surface area contributed by atoms with Gasteiger partial charge in [-0.05, 0) is 36.3 Å². The van der Waals surface area contributed by atoms with Crippen LogP contribution in [0.3, 0.4) is 0 Å². The molecular formula is C27H32F3N8O2+. The summed E-state index contributed by atoms with van der Waals surface area (Å²) in [5.41, 5.74) is 2.32. The molecule has 2 aromatic heterocycles. The molecule has 0 saturated carbocycles. The van der Waals surface area contributed by atoms with Gasteiger partial charge in [-0.1, -0.05) is 13.0 Å². The fourth-order valence-corrected chi connectivity index (χ4v) is 4.99. The summed E-state index contributed by atoms with van der Waals surface area (Å²) in [5, 5.41) is 11.5. The van der Waals surface area contributed by atoms with Crippen molar-refractivity contribution in [1.29, 1.82) is 0 Å². The molecule has 1 aliphatic heterocycles. The molecular weight excluding hydrogens is 525 g/mol. The Balaban J connectivity index is 1.26. The van der Waals surface area contributed by atoms with E-state index in [2.05, 4.69) is 41.0 Å². The minimum atomic E-state index is -4.55. The van der Waals surface area contributed by atoms with E-state index in [4.69, 9.17) is 0 Å². The monoisotopic (exact) mass is 557 g/mol. The number of allylic oxidation sites excluding steroid dienone is 4. The lowest BCUT2D eigenvalue weighted by molar-refractivity contribution is -0.138. The van der Waals surface area contributed by atoms with Crippen LogP contribution in [0.4, 0.5) is 29.5 Å². The summed E-state index contributed by atoms with van der Waals surface area (Å²) in [4.78, 5) is 25.7. The maximum Gasteiger partial charge on any atom is 0.416 e. The third kappa shape index (κ3) is 6.10. The van der Waals surface area contributed by atoms with Gasteiger partial charge in [-0.25, -0.2) is 19.7 Å². The second-order valence-corrected chi connectivity index (χ2v) is 9.92. The van der Waals surface area contributed by atoms with E-state index in [-0.39, 0.29) is 29.8 Å². The normalized spacial score (nSPS) is 18.3. The number of halogens is 3. The highest BCUT2D eigenvalue weighted by Crippen LogP contribution is 2.34. The number of ether oxygens (including phenoxy) is 1. The van der Waals surface area contributed by atoms with Crippen molar-refractivity contribution >= 4 is 34.4 Å². The van der Waals surface area contributed by atoms with Gasteiger partial charge in [-0.3, -0.25) is 4.57 Å². The minimum absolute atomic E-state index is 0.0650. The zero-order chi connectivity index (χ0) is 28.3. The Kier molecular flexibility index (Phi) is 8.03. The number of urea groups is 1. The number of fused-ring (bicyclic) bond motifs is 1. The molecule has 1 aliphatic carbocycles. The first-order valence-electron chi connectivity index (χ1n) is 13.1. The fraction of sp³-hybridized carbons (Fsp3) is 0.407. The number of carbonyl (C=O) groups is 1. The smallest absolute Gasteiger partial charge is 0.416 e. The van der Waals surface area contributed by atoms with Crippen LogP contribution in [0.5, 0.6) is 0 Å². The molecule has 1 atom stereocenters. The number of anilines is 2. The van der Waals surface area contributed by atoms with Crippen LogP contribution in [0, 0.1) is 5.92 Å². The van der Waals surface area contributed by atoms with Crippen molar-refractivity contribution < 1.29 is 22.7 Å². The van der Waals surface area contributed by atoms with Crippen LogP contribution in [-0.2, 0) is 12.7 Å². The summed E-state index contributed by atoms with van der Waals surface area (Å²) in [6, 6.07) is 3.42. The Morgan fingerprint density at radius 2 is 1.93 bits per heavy atom. The van der Waals surface area contributed by atoms with E-state index >= 15 is 0 Å². The number of aromatic nitrogens is 4. The van der Waals surface area contributed by atoms with Crippen LogP contribution >= 0.6 is 0 Å². The first kappa shape index (κ1) is 27.6. The average Bonchev–Trinajstić information content (AvgIpc) is 3.38. The van der Waals surface area contributed by atoms with Crippen molar-refractivity contribution in [2.75, 3.05) is 30.9 Å². The zero-order valence-electron chi connectivity index (χ0n) is 22.2. The van der Waals surface area contributed by atoms with Crippen LogP contribution in [0.25, 0.3) is 16.9 Å². The highest BCUT2D eigenvalue weighted by Gasteiger charge is 2.34. The summed E-state index contributed by atoms with van der Waals surface area (Å²) < 4.78 is 47.7. The predicted molar refractivity (Wildman–Crippen MR) is 146 cm³/mol. The first-order valence-corrected chi connectivity index (χ1v) is 13.1. The molecule has 1 saturated heterocycles. The fourth-order valence-electron chi connectivity index (χ4n) is 4.99. The Labute approximate surface area is 229 Å². The molecule has 1 unspecified atom stereocenters. The number of rotatable bonds is 7. The Bertz CT molecular complexity index is 1440. The summed E-state index contributed by atoms with van der Waals surface area (Å²) in [6.45, 7) is 3.50. The van der Waals surface area contributed by atoms with E-state index < -0.39 is 17.8 Å². The van der Waals surface area contributed by atoms with Gasteiger partial charge in [0.1, 0.15) is 25.9 Å². The van der Waals surface area contributed by atoms with E-state index in [1.165, 1.54) is 18.5 Å². The molecule has 1 fully saturated rings. The number of nitrogens with zero attached hydrogens (tertiary/aromatic N) is 4. The molecule has 2 aliphatic rings. The molecule has 0 radical (unpaired) electrons. The molecule has 0 bridgehead atoms. The van der Waals surface area contributed by atoms with Crippen molar-refractivity contribution in [1.82, 2.24) is 30.2 Å². The Hall–Kier alpha value is -3.97. The van der Waals surface area contributed by atoms with Crippen molar-refractivity contribution in [2.24, 2.45) is 5.92 Å². The molecule has 5 N–H and O–H groups in total. The predicted octanol–water partition coefficient (Wildman–Crippen LogP) is 4.25. The van der Waals surface area contributed by atoms with E-state index in [1.807, 2.05) is 17.6 Å². The zero-order valence-corrected chi connectivity index (χ0v) is 22.2. The largest absolute Gasteiger partial charge is 0.434 e. The number of hydrogen-bond acceptors (Lipinski definition) is 6. The van der Waals surface area contributed by atoms with Crippen LogP contribution in [0.1, 0.15) is 37.3 Å². The summed E-state index contributed by atoms with van der Waals surface area (Å²) >= 11 is 0. The maximum absolute atomic E-state index is 13.8. The van der Waals surface area contributed by atoms with Crippen molar-refractivity contribution in [3.05, 3.63) is 59.8 Å². The van der Waals surface area contributed by atoms with Crippen LogP contribution in [0.15, 0.2) is 48.7 Å². The minimum Gasteiger partial charge on any atom is -0.434 e. The number of imidazole rings is 1. The van der Waals surface area contributed by atoms with Crippen LogP contribution in [0.2, 0.25) is 0 Å². The summed E-state index contributed by atoms with van der Waals surface area (Å²) in [6.07, 6.45) is 4.46. The van der Waals surface area contributed by atoms with Crippen LogP contribution < -0.4 is 21.3 Å². The van der Waals surface area contributed by atoms with E-state index in [0.717, 1.165) is 37.8 Å². The van der Waals surface area contributed by atoms with Gasteiger partial charge in [0.25, 0.3) is 0 Å². The molecule has 3 aromatic rings. The number of benzene rings is 1. The van der Waals surface area contributed by atoms with Gasteiger partial charge in [-0.2, -0.15) is 13.2 Å². The summed E-state index contributed by atoms with van der Waals surface area (Å²) in [5.74, 6) is 0.557. The third-order valence-electron chi connectivity index (χ3n) is 7.16. The van der Waals surface area contributed by atoms with Crippen molar-refractivity contribution in [2.45, 2.75) is 44.9 Å². The lowest BCUT2D eigenvalue weighted by atomic mass is 9.96. The van der Waals surface area contributed by atoms with Crippen molar-refractivity contribution in [3.8, 4) is 0 Å². The second-order valence-electron chi connectivity index (χ2n) is 9.92. The maximum atomic E-state index is 13.8. The van der Waals surface area contributed by atoms with Crippen molar-refractivity contribution in [3.63, 3.8) is 0 Å². The molecule has 1 aromatic carbocycles. The molecule has 40 heavy (non-hydrogen) atoms. The second kappa shape index (κ2) is 11.6. The van der Waals surface area contributed by atoms with Gasteiger partial charge in [-0.15, -0.1) is 0 Å². The lowest BCUT2D eigenvalue weighted by Gasteiger charge is -2.23. The first-order chi connectivity index (χ1) is 19.2. The van der Waals surface area contributed by atoms with Crippen LogP contribution in [-0.4, -0.2) is 56.6 Å². The standard InChI is InChI=1S/C27H31F3N8O2/c1-16-11-20(38-15-35-23-24(31-2)33-14-34-25(23)38)5-6-22(16)37-26(39)36-19-4-3-17(21(12-19)27(28,29)30)13-32-18-7-9-40-10-8-18/h3-6,12,14-16,18,32H,7-11,13H2,1-2H3,(H,31,33,34)(H2,36,37,39)/p+1. The molecule has 5 rings (SSSR count). The van der Waals surface area contributed by atoms with Gasteiger partial charge in [0.2, 0.25) is 0 Å². The van der Waals surface area contributed by atoms with E-state index in [1.54, 1.807) is 19.5 Å². The lowest BCUT2D eigenvalue weighted by Crippen LogP contribution is -2.36. The highest BCUT2D eigenvalue weighted by atomic mass is 19.4. The van der Waals surface area contributed by atoms with Gasteiger partial charge in [0.15, 0.2) is 17.0 Å². The number of hydrogen-bond donors (Lipinski definition) is 4.